The van der Waals surface area contributed by atoms with Crippen molar-refractivity contribution < 1.29 is 9.90 Å². The Labute approximate surface area is 82.4 Å². The van der Waals surface area contributed by atoms with E-state index in [1.54, 1.807) is 20.0 Å². The monoisotopic (exact) mass is 194 g/mol. The summed E-state index contributed by atoms with van der Waals surface area (Å²) in [5.41, 5.74) is 0.155. The summed E-state index contributed by atoms with van der Waals surface area (Å²) in [5.74, 6) is 0.280. The highest BCUT2D eigenvalue weighted by Gasteiger charge is 2.34. The molecule has 0 aliphatic heterocycles. The van der Waals surface area contributed by atoms with Crippen LogP contribution in [0.3, 0.4) is 0 Å². The molecule has 0 atom stereocenters. The third kappa shape index (κ3) is 1.41. The van der Waals surface area contributed by atoms with E-state index in [2.05, 4.69) is 9.97 Å². The lowest BCUT2D eigenvalue weighted by molar-refractivity contribution is -0.142. The Morgan fingerprint density at radius 1 is 1.64 bits per heavy atom. The molecule has 1 heterocycles. The van der Waals surface area contributed by atoms with Crippen LogP contribution in [0, 0.1) is 0 Å². The lowest BCUT2D eigenvalue weighted by Gasteiger charge is -2.15. The molecule has 4 nitrogen and oxygen atoms in total. The Bertz CT molecular complexity index is 364. The maximum absolute atomic E-state index is 11.0. The molecular weight excluding hydrogens is 180 g/mol. The number of hydrogen-bond donors (Lipinski definition) is 2. The molecule has 1 aromatic heterocycles. The molecule has 1 saturated carbocycles. The molecule has 1 aromatic rings. The molecule has 2 rings (SSSR count). The van der Waals surface area contributed by atoms with E-state index < -0.39 is 11.4 Å². The summed E-state index contributed by atoms with van der Waals surface area (Å²) in [5, 5.41) is 9.00. The summed E-state index contributed by atoms with van der Waals surface area (Å²) < 4.78 is 0. The molecule has 4 heteroatoms. The highest BCUT2D eigenvalue weighted by Crippen LogP contribution is 2.39. The van der Waals surface area contributed by atoms with E-state index >= 15 is 0 Å². The van der Waals surface area contributed by atoms with Crippen LogP contribution in [0.5, 0.6) is 0 Å². The number of aromatic amines is 1. The van der Waals surface area contributed by atoms with Crippen LogP contribution in [0.15, 0.2) is 6.20 Å². The smallest absolute Gasteiger partial charge is 0.316 e. The van der Waals surface area contributed by atoms with Gasteiger partial charge in [0.15, 0.2) is 0 Å². The fourth-order valence-electron chi connectivity index (χ4n) is 1.36. The van der Waals surface area contributed by atoms with Crippen molar-refractivity contribution in [3.8, 4) is 0 Å². The van der Waals surface area contributed by atoms with Gasteiger partial charge in [0, 0.05) is 17.8 Å². The topological polar surface area (TPSA) is 66.0 Å². The van der Waals surface area contributed by atoms with Crippen molar-refractivity contribution in [1.82, 2.24) is 9.97 Å². The van der Waals surface area contributed by atoms with Gasteiger partial charge in [-0.05, 0) is 26.7 Å². The molecule has 1 aliphatic carbocycles. The average Bonchev–Trinajstić information content (AvgIpc) is 2.83. The SMILES string of the molecule is CC(C)(C(=O)O)c1ncc(C2CC2)[nH]1. The number of nitrogens with one attached hydrogen (secondary N) is 1. The van der Waals surface area contributed by atoms with Crippen molar-refractivity contribution in [2.24, 2.45) is 0 Å². The van der Waals surface area contributed by atoms with Crippen molar-refractivity contribution in [3.05, 3.63) is 17.7 Å². The van der Waals surface area contributed by atoms with Crippen LogP contribution in [0.25, 0.3) is 0 Å². The van der Waals surface area contributed by atoms with E-state index in [1.165, 1.54) is 12.8 Å². The fourth-order valence-corrected chi connectivity index (χ4v) is 1.36. The number of carboxylic acids is 1. The van der Waals surface area contributed by atoms with Crippen LogP contribution >= 0.6 is 0 Å². The Kier molecular flexibility index (Phi) is 1.87. The largest absolute Gasteiger partial charge is 0.481 e. The zero-order chi connectivity index (χ0) is 10.3. The molecule has 1 fully saturated rings. The number of hydrogen-bond acceptors (Lipinski definition) is 2. The lowest BCUT2D eigenvalue weighted by atomic mass is 9.93. The van der Waals surface area contributed by atoms with Gasteiger partial charge in [0.25, 0.3) is 0 Å². The predicted molar refractivity (Wildman–Crippen MR) is 51.2 cm³/mol. The Balaban J connectivity index is 2.27. The van der Waals surface area contributed by atoms with Gasteiger partial charge < -0.3 is 10.1 Å². The molecule has 14 heavy (non-hydrogen) atoms. The summed E-state index contributed by atoms with van der Waals surface area (Å²) in [4.78, 5) is 18.2. The molecule has 0 bridgehead atoms. The van der Waals surface area contributed by atoms with Crippen LogP contribution in [0.2, 0.25) is 0 Å². The summed E-state index contributed by atoms with van der Waals surface area (Å²) >= 11 is 0. The van der Waals surface area contributed by atoms with Crippen LogP contribution in [-0.2, 0) is 10.2 Å². The summed E-state index contributed by atoms with van der Waals surface area (Å²) in [7, 11) is 0. The van der Waals surface area contributed by atoms with Gasteiger partial charge in [0.05, 0.1) is 0 Å². The predicted octanol–water partition coefficient (Wildman–Crippen LogP) is 1.65. The number of imidazole rings is 1. The van der Waals surface area contributed by atoms with Gasteiger partial charge in [0.1, 0.15) is 11.2 Å². The summed E-state index contributed by atoms with van der Waals surface area (Å²) in [6.45, 7) is 3.32. The highest BCUT2D eigenvalue weighted by atomic mass is 16.4. The maximum atomic E-state index is 11.0. The van der Waals surface area contributed by atoms with Crippen molar-refractivity contribution in [3.63, 3.8) is 0 Å². The first-order valence-electron chi connectivity index (χ1n) is 4.80. The first kappa shape index (κ1) is 9.24. The van der Waals surface area contributed by atoms with Crippen LogP contribution in [-0.4, -0.2) is 21.0 Å². The normalized spacial score (nSPS) is 17.0. The zero-order valence-corrected chi connectivity index (χ0v) is 8.37. The quantitative estimate of drug-likeness (QED) is 0.768. The minimum atomic E-state index is -0.923. The van der Waals surface area contributed by atoms with Gasteiger partial charge in [-0.15, -0.1) is 0 Å². The second-order valence-electron chi connectivity index (χ2n) is 4.39. The van der Waals surface area contributed by atoms with E-state index in [1.807, 2.05) is 0 Å². The van der Waals surface area contributed by atoms with E-state index in [0.717, 1.165) is 5.69 Å². The molecule has 0 amide bonds. The summed E-state index contributed by atoms with van der Waals surface area (Å²) in [6.07, 6.45) is 4.14. The van der Waals surface area contributed by atoms with Gasteiger partial charge in [-0.1, -0.05) is 0 Å². The summed E-state index contributed by atoms with van der Waals surface area (Å²) in [6, 6.07) is 0. The Hall–Kier alpha value is -1.32. The average molecular weight is 194 g/mol. The number of carboxylic acid groups (broad SMARTS) is 1. The number of H-pyrrole nitrogens is 1. The molecule has 0 spiro atoms. The number of aliphatic carboxylic acids is 1. The first-order valence-corrected chi connectivity index (χ1v) is 4.80. The number of rotatable bonds is 3. The molecule has 0 radical (unpaired) electrons. The van der Waals surface area contributed by atoms with Gasteiger partial charge in [0.2, 0.25) is 0 Å². The Morgan fingerprint density at radius 2 is 2.29 bits per heavy atom. The van der Waals surface area contributed by atoms with Crippen LogP contribution in [0.1, 0.15) is 44.1 Å². The minimum Gasteiger partial charge on any atom is -0.481 e. The molecule has 0 saturated heterocycles. The standard InChI is InChI=1S/C10H14N2O2/c1-10(2,9(13)14)8-11-5-7(12-8)6-3-4-6/h5-6H,3-4H2,1-2H3,(H,11,12)(H,13,14). The van der Waals surface area contributed by atoms with Crippen molar-refractivity contribution in [2.45, 2.75) is 38.0 Å². The van der Waals surface area contributed by atoms with Crippen molar-refractivity contribution in [2.75, 3.05) is 0 Å². The second kappa shape index (κ2) is 2.83. The zero-order valence-electron chi connectivity index (χ0n) is 8.37. The third-order valence-corrected chi connectivity index (χ3v) is 2.74. The molecule has 2 N–H and O–H groups in total. The van der Waals surface area contributed by atoms with Gasteiger partial charge in [-0.3, -0.25) is 4.79 Å². The molecular formula is C10H14N2O2. The van der Waals surface area contributed by atoms with E-state index in [9.17, 15) is 4.79 Å². The van der Waals surface area contributed by atoms with E-state index in [-0.39, 0.29) is 0 Å². The van der Waals surface area contributed by atoms with Gasteiger partial charge >= 0.3 is 5.97 Å². The van der Waals surface area contributed by atoms with Gasteiger partial charge in [-0.25, -0.2) is 4.98 Å². The lowest BCUT2D eigenvalue weighted by Crippen LogP contribution is -2.29. The van der Waals surface area contributed by atoms with Crippen LogP contribution in [0.4, 0.5) is 0 Å². The molecule has 1 aliphatic rings. The fraction of sp³-hybridized carbons (Fsp3) is 0.600. The van der Waals surface area contributed by atoms with Crippen molar-refractivity contribution in [1.29, 1.82) is 0 Å². The van der Waals surface area contributed by atoms with Crippen molar-refractivity contribution >= 4 is 5.97 Å². The second-order valence-corrected chi connectivity index (χ2v) is 4.39. The first-order chi connectivity index (χ1) is 6.51. The maximum Gasteiger partial charge on any atom is 0.316 e. The van der Waals surface area contributed by atoms with E-state index in [4.69, 9.17) is 5.11 Å². The highest BCUT2D eigenvalue weighted by molar-refractivity contribution is 5.78. The molecule has 0 unspecified atom stereocenters. The number of nitrogens with zero attached hydrogens (tertiary/aromatic N) is 1. The Morgan fingerprint density at radius 3 is 2.79 bits per heavy atom. The minimum absolute atomic E-state index is 0.548. The molecule has 76 valence electrons. The third-order valence-electron chi connectivity index (χ3n) is 2.74. The number of aromatic nitrogens is 2. The van der Waals surface area contributed by atoms with Crippen LogP contribution < -0.4 is 0 Å². The van der Waals surface area contributed by atoms with Gasteiger partial charge in [-0.2, -0.15) is 0 Å². The molecule has 0 aromatic carbocycles. The number of carbonyl (C=O) groups is 1. The van der Waals surface area contributed by atoms with E-state index in [0.29, 0.717) is 11.7 Å².